The topological polar surface area (TPSA) is 84.8 Å². The summed E-state index contributed by atoms with van der Waals surface area (Å²) >= 11 is 6.88. The molecule has 0 aliphatic rings. The molecule has 1 unspecified atom stereocenters. The van der Waals surface area contributed by atoms with Crippen LogP contribution < -0.4 is 4.72 Å². The number of halogens is 1. The number of hydrogen-bond donors (Lipinski definition) is 1. The summed E-state index contributed by atoms with van der Waals surface area (Å²) in [6.07, 6.45) is 3.94. The number of aromatic nitrogens is 3. The molecule has 0 fully saturated rings. The Labute approximate surface area is 113 Å². The molecule has 2 heterocycles. The summed E-state index contributed by atoms with van der Waals surface area (Å²) in [5.41, 5.74) is 0. The van der Waals surface area contributed by atoms with Gasteiger partial charge in [-0.3, -0.25) is 0 Å². The predicted molar refractivity (Wildman–Crippen MR) is 67.9 cm³/mol. The molecule has 1 N–H and O–H groups in total. The molecule has 2 rings (SSSR count). The quantitative estimate of drug-likeness (QED) is 0.868. The van der Waals surface area contributed by atoms with Crippen molar-refractivity contribution in [3.05, 3.63) is 34.3 Å². The molecular formula is C9H9ClN4O2S2. The van der Waals surface area contributed by atoms with Gasteiger partial charge in [-0.25, -0.2) is 28.1 Å². The average molecular weight is 305 g/mol. The van der Waals surface area contributed by atoms with Crippen molar-refractivity contribution in [3.63, 3.8) is 0 Å². The normalized spacial score (nSPS) is 13.4. The van der Waals surface area contributed by atoms with E-state index in [0.29, 0.717) is 5.01 Å². The lowest BCUT2D eigenvalue weighted by Gasteiger charge is -2.11. The molecule has 0 aliphatic heterocycles. The Morgan fingerprint density at radius 1 is 1.33 bits per heavy atom. The highest BCUT2D eigenvalue weighted by Crippen LogP contribution is 2.18. The van der Waals surface area contributed by atoms with Crippen molar-refractivity contribution in [2.75, 3.05) is 0 Å². The molecule has 96 valence electrons. The zero-order valence-electron chi connectivity index (χ0n) is 9.24. The molecule has 18 heavy (non-hydrogen) atoms. The molecule has 0 radical (unpaired) electrons. The highest BCUT2D eigenvalue weighted by molar-refractivity contribution is 7.89. The van der Waals surface area contributed by atoms with E-state index >= 15 is 0 Å². The van der Waals surface area contributed by atoms with Crippen molar-refractivity contribution in [2.45, 2.75) is 17.9 Å². The van der Waals surface area contributed by atoms with Crippen LogP contribution in [0.25, 0.3) is 0 Å². The second-order valence-corrected chi connectivity index (χ2v) is 6.38. The summed E-state index contributed by atoms with van der Waals surface area (Å²) in [5, 5.41) is 2.47. The molecular weight excluding hydrogens is 296 g/mol. The first-order chi connectivity index (χ1) is 8.49. The third-order valence-electron chi connectivity index (χ3n) is 2.06. The van der Waals surface area contributed by atoms with Crippen LogP contribution in [0.3, 0.4) is 0 Å². The first kappa shape index (κ1) is 13.3. The lowest BCUT2D eigenvalue weighted by atomic mass is 10.4. The highest BCUT2D eigenvalue weighted by atomic mass is 35.5. The number of sulfonamides is 1. The molecule has 0 amide bonds. The van der Waals surface area contributed by atoms with Gasteiger partial charge in [-0.15, -0.1) is 11.3 Å². The third kappa shape index (κ3) is 3.02. The van der Waals surface area contributed by atoms with Crippen LogP contribution in [0.4, 0.5) is 0 Å². The Bertz CT molecular complexity index is 613. The van der Waals surface area contributed by atoms with Gasteiger partial charge >= 0.3 is 0 Å². The van der Waals surface area contributed by atoms with Crippen molar-refractivity contribution >= 4 is 33.0 Å². The summed E-state index contributed by atoms with van der Waals surface area (Å²) in [6.45, 7) is 1.72. The van der Waals surface area contributed by atoms with E-state index in [9.17, 15) is 8.42 Å². The van der Waals surface area contributed by atoms with E-state index in [1.54, 1.807) is 18.5 Å². The second kappa shape index (κ2) is 5.27. The lowest BCUT2D eigenvalue weighted by Crippen LogP contribution is -2.27. The number of thiazole rings is 1. The first-order valence-corrected chi connectivity index (χ1v) is 7.62. The Hall–Kier alpha value is -1.09. The van der Waals surface area contributed by atoms with Crippen molar-refractivity contribution in [2.24, 2.45) is 0 Å². The maximum Gasteiger partial charge on any atom is 0.244 e. The smallest absolute Gasteiger partial charge is 0.244 e. The monoisotopic (exact) mass is 304 g/mol. The van der Waals surface area contributed by atoms with E-state index in [2.05, 4.69) is 19.7 Å². The summed E-state index contributed by atoms with van der Waals surface area (Å²) in [4.78, 5) is 11.3. The second-order valence-electron chi connectivity index (χ2n) is 3.40. The number of nitrogens with one attached hydrogen (secondary N) is 1. The Morgan fingerprint density at radius 3 is 2.56 bits per heavy atom. The Balaban J connectivity index is 2.20. The van der Waals surface area contributed by atoms with Gasteiger partial charge in [0.15, 0.2) is 0 Å². The van der Waals surface area contributed by atoms with Crippen molar-refractivity contribution in [1.29, 1.82) is 0 Å². The number of hydrogen-bond acceptors (Lipinski definition) is 6. The largest absolute Gasteiger partial charge is 0.248 e. The van der Waals surface area contributed by atoms with E-state index < -0.39 is 16.1 Å². The summed E-state index contributed by atoms with van der Waals surface area (Å²) in [7, 11) is -3.67. The SMILES string of the molecule is CC(NS(=O)(=O)c1cnc(Cl)nc1)c1nccs1. The van der Waals surface area contributed by atoms with E-state index in [-0.39, 0.29) is 10.2 Å². The summed E-state index contributed by atoms with van der Waals surface area (Å²) < 4.78 is 26.5. The molecule has 0 aliphatic carbocycles. The van der Waals surface area contributed by atoms with Gasteiger partial charge in [-0.1, -0.05) is 0 Å². The average Bonchev–Trinajstić information content (AvgIpc) is 2.82. The molecule has 0 bridgehead atoms. The van der Waals surface area contributed by atoms with Gasteiger partial charge in [-0.2, -0.15) is 0 Å². The van der Waals surface area contributed by atoms with E-state index in [0.717, 1.165) is 12.4 Å². The van der Waals surface area contributed by atoms with E-state index in [4.69, 9.17) is 11.6 Å². The number of rotatable bonds is 4. The first-order valence-electron chi connectivity index (χ1n) is 4.88. The van der Waals surface area contributed by atoms with E-state index in [1.165, 1.54) is 11.3 Å². The highest BCUT2D eigenvalue weighted by Gasteiger charge is 2.20. The minimum absolute atomic E-state index is 0.00178. The van der Waals surface area contributed by atoms with Gasteiger partial charge in [0.25, 0.3) is 0 Å². The van der Waals surface area contributed by atoms with Crippen LogP contribution in [-0.4, -0.2) is 23.4 Å². The molecule has 9 heteroatoms. The van der Waals surface area contributed by atoms with Crippen LogP contribution in [0.15, 0.2) is 28.9 Å². The molecule has 0 aromatic carbocycles. The van der Waals surface area contributed by atoms with Crippen molar-refractivity contribution in [3.8, 4) is 0 Å². The minimum Gasteiger partial charge on any atom is -0.248 e. The fraction of sp³-hybridized carbons (Fsp3) is 0.222. The van der Waals surface area contributed by atoms with Gasteiger partial charge in [0.1, 0.15) is 9.90 Å². The molecule has 2 aromatic rings. The third-order valence-corrected chi connectivity index (χ3v) is 4.71. The van der Waals surface area contributed by atoms with Crippen LogP contribution in [0.1, 0.15) is 18.0 Å². The van der Waals surface area contributed by atoms with Gasteiger partial charge in [0.05, 0.1) is 18.4 Å². The fourth-order valence-corrected chi connectivity index (χ4v) is 3.15. The molecule has 2 aromatic heterocycles. The molecule has 0 saturated carbocycles. The molecule has 6 nitrogen and oxygen atoms in total. The van der Waals surface area contributed by atoms with Gasteiger partial charge in [0, 0.05) is 11.6 Å². The zero-order valence-corrected chi connectivity index (χ0v) is 11.6. The van der Waals surface area contributed by atoms with Crippen LogP contribution in [0.2, 0.25) is 5.28 Å². The van der Waals surface area contributed by atoms with Crippen LogP contribution in [-0.2, 0) is 10.0 Å². The van der Waals surface area contributed by atoms with Gasteiger partial charge < -0.3 is 0 Å². The minimum atomic E-state index is -3.67. The van der Waals surface area contributed by atoms with Gasteiger partial charge in [-0.05, 0) is 18.5 Å². The lowest BCUT2D eigenvalue weighted by molar-refractivity contribution is 0.565. The van der Waals surface area contributed by atoms with Gasteiger partial charge in [0.2, 0.25) is 15.3 Å². The zero-order chi connectivity index (χ0) is 13.2. The maximum absolute atomic E-state index is 12.0. The standard InChI is InChI=1S/C9H9ClN4O2S2/c1-6(8-11-2-3-17-8)14-18(15,16)7-4-12-9(10)13-5-7/h2-6,14H,1H3. The molecule has 0 spiro atoms. The van der Waals surface area contributed by atoms with Crippen LogP contribution in [0.5, 0.6) is 0 Å². The van der Waals surface area contributed by atoms with Crippen molar-refractivity contribution in [1.82, 2.24) is 19.7 Å². The molecule has 1 atom stereocenters. The fourth-order valence-electron chi connectivity index (χ4n) is 1.24. The maximum atomic E-state index is 12.0. The summed E-state index contributed by atoms with van der Waals surface area (Å²) in [6, 6.07) is -0.411. The van der Waals surface area contributed by atoms with E-state index in [1.807, 2.05) is 0 Å². The van der Waals surface area contributed by atoms with Crippen LogP contribution >= 0.6 is 22.9 Å². The van der Waals surface area contributed by atoms with Crippen molar-refractivity contribution < 1.29 is 8.42 Å². The van der Waals surface area contributed by atoms with Crippen LogP contribution in [0, 0.1) is 0 Å². The Kier molecular flexibility index (Phi) is 3.91. The number of nitrogens with zero attached hydrogens (tertiary/aromatic N) is 3. The molecule has 0 saturated heterocycles. The Morgan fingerprint density at radius 2 is 2.00 bits per heavy atom. The predicted octanol–water partition coefficient (Wildman–Crippen LogP) is 1.63. The summed E-state index contributed by atoms with van der Waals surface area (Å²) in [5.74, 6) is 0.